The first-order valence-electron chi connectivity index (χ1n) is 6.60. The fourth-order valence-electron chi connectivity index (χ4n) is 1.75. The van der Waals surface area contributed by atoms with Gasteiger partial charge in [0.2, 0.25) is 0 Å². The summed E-state index contributed by atoms with van der Waals surface area (Å²) in [6.07, 6.45) is 0.827. The van der Waals surface area contributed by atoms with Crippen molar-refractivity contribution in [2.75, 3.05) is 39.3 Å². The number of methoxy groups -OCH3 is 1. The second kappa shape index (κ2) is 7.92. The molecule has 21 heavy (non-hydrogen) atoms. The SMILES string of the molecule is COCCCOCCOC(=O)c1ccc2nc(N)sc2c1. The van der Waals surface area contributed by atoms with E-state index in [9.17, 15) is 4.79 Å². The zero-order chi connectivity index (χ0) is 15.1. The minimum atomic E-state index is -0.371. The first-order chi connectivity index (χ1) is 10.2. The van der Waals surface area contributed by atoms with Gasteiger partial charge in [-0.1, -0.05) is 11.3 Å². The molecule has 1 aromatic carbocycles. The van der Waals surface area contributed by atoms with Gasteiger partial charge in [-0.3, -0.25) is 0 Å². The van der Waals surface area contributed by atoms with Gasteiger partial charge in [-0.05, 0) is 24.6 Å². The Kier molecular flexibility index (Phi) is 5.91. The van der Waals surface area contributed by atoms with Crippen molar-refractivity contribution < 1.29 is 19.0 Å². The van der Waals surface area contributed by atoms with Crippen molar-refractivity contribution in [3.63, 3.8) is 0 Å². The first-order valence-corrected chi connectivity index (χ1v) is 7.42. The van der Waals surface area contributed by atoms with E-state index in [-0.39, 0.29) is 12.6 Å². The van der Waals surface area contributed by atoms with Crippen molar-refractivity contribution in [1.82, 2.24) is 4.98 Å². The number of ether oxygens (including phenoxy) is 3. The average Bonchev–Trinajstić information content (AvgIpc) is 2.85. The highest BCUT2D eigenvalue weighted by atomic mass is 32.1. The molecule has 1 heterocycles. The van der Waals surface area contributed by atoms with Gasteiger partial charge in [0.1, 0.15) is 6.61 Å². The molecule has 1 aromatic heterocycles. The second-order valence-corrected chi connectivity index (χ2v) is 5.39. The summed E-state index contributed by atoms with van der Waals surface area (Å²) in [5, 5.41) is 0.486. The molecule has 2 rings (SSSR count). The summed E-state index contributed by atoms with van der Waals surface area (Å²) in [5.41, 5.74) is 6.91. The van der Waals surface area contributed by atoms with Crippen LogP contribution in [0.25, 0.3) is 10.2 Å². The lowest BCUT2D eigenvalue weighted by Crippen LogP contribution is -2.11. The normalized spacial score (nSPS) is 10.9. The van der Waals surface area contributed by atoms with Crippen LogP contribution in [-0.2, 0) is 14.2 Å². The van der Waals surface area contributed by atoms with Gasteiger partial charge in [-0.2, -0.15) is 0 Å². The molecular formula is C14H18N2O4S. The standard InChI is InChI=1S/C14H18N2O4S/c1-18-5-2-6-19-7-8-20-13(17)10-3-4-11-12(9-10)21-14(15)16-11/h3-4,9H,2,5-8H2,1H3,(H2,15,16). The van der Waals surface area contributed by atoms with Crippen molar-refractivity contribution >= 4 is 32.7 Å². The lowest BCUT2D eigenvalue weighted by atomic mass is 10.2. The number of hydrogen-bond acceptors (Lipinski definition) is 7. The van der Waals surface area contributed by atoms with Crippen LogP contribution in [0.3, 0.4) is 0 Å². The van der Waals surface area contributed by atoms with E-state index < -0.39 is 0 Å². The van der Waals surface area contributed by atoms with E-state index in [1.165, 1.54) is 11.3 Å². The van der Waals surface area contributed by atoms with Crippen LogP contribution in [0.4, 0.5) is 5.13 Å². The van der Waals surface area contributed by atoms with Crippen molar-refractivity contribution in [2.24, 2.45) is 0 Å². The Morgan fingerprint density at radius 2 is 2.14 bits per heavy atom. The Bertz CT molecular complexity index is 600. The number of carbonyl (C=O) groups excluding carboxylic acids is 1. The number of nitrogens with zero attached hydrogens (tertiary/aromatic N) is 1. The number of esters is 1. The number of nitrogens with two attached hydrogens (primary N) is 1. The third kappa shape index (κ3) is 4.66. The van der Waals surface area contributed by atoms with Crippen molar-refractivity contribution in [3.05, 3.63) is 23.8 Å². The van der Waals surface area contributed by atoms with Crippen LogP contribution in [0.5, 0.6) is 0 Å². The molecule has 0 saturated carbocycles. The smallest absolute Gasteiger partial charge is 0.338 e. The molecule has 0 amide bonds. The number of carbonyl (C=O) groups is 1. The molecule has 2 aromatic rings. The molecule has 0 atom stereocenters. The number of aromatic nitrogens is 1. The topological polar surface area (TPSA) is 83.7 Å². The van der Waals surface area contributed by atoms with E-state index in [4.69, 9.17) is 19.9 Å². The summed E-state index contributed by atoms with van der Waals surface area (Å²) in [5.74, 6) is -0.371. The molecule has 0 unspecified atom stereocenters. The molecule has 0 saturated heterocycles. The third-order valence-corrected chi connectivity index (χ3v) is 3.59. The van der Waals surface area contributed by atoms with Crippen molar-refractivity contribution in [2.45, 2.75) is 6.42 Å². The Balaban J connectivity index is 1.76. The monoisotopic (exact) mass is 310 g/mol. The zero-order valence-corrected chi connectivity index (χ0v) is 12.6. The van der Waals surface area contributed by atoms with E-state index in [0.29, 0.717) is 30.5 Å². The molecular weight excluding hydrogens is 292 g/mol. The molecule has 2 N–H and O–H groups in total. The molecule has 114 valence electrons. The minimum Gasteiger partial charge on any atom is -0.460 e. The van der Waals surface area contributed by atoms with Crippen LogP contribution < -0.4 is 5.73 Å². The molecule has 0 spiro atoms. The van der Waals surface area contributed by atoms with Gasteiger partial charge in [0.15, 0.2) is 5.13 Å². The van der Waals surface area contributed by atoms with Crippen LogP contribution in [0.1, 0.15) is 16.8 Å². The molecule has 0 aliphatic heterocycles. The highest BCUT2D eigenvalue weighted by molar-refractivity contribution is 7.22. The number of thiazole rings is 1. The first kappa shape index (κ1) is 15.7. The number of nitrogen functional groups attached to an aromatic ring is 1. The molecule has 6 nitrogen and oxygen atoms in total. The van der Waals surface area contributed by atoms with Crippen LogP contribution in [0, 0.1) is 0 Å². The number of benzene rings is 1. The Morgan fingerprint density at radius 3 is 2.95 bits per heavy atom. The Morgan fingerprint density at radius 1 is 1.29 bits per heavy atom. The Hall–Kier alpha value is -1.70. The molecule has 0 aliphatic carbocycles. The van der Waals surface area contributed by atoms with E-state index in [1.54, 1.807) is 25.3 Å². The summed E-state index contributed by atoms with van der Waals surface area (Å²) >= 11 is 1.35. The molecule has 0 aliphatic rings. The summed E-state index contributed by atoms with van der Waals surface area (Å²) in [6.45, 7) is 1.87. The maximum absolute atomic E-state index is 11.9. The van der Waals surface area contributed by atoms with Crippen molar-refractivity contribution in [3.8, 4) is 0 Å². The van der Waals surface area contributed by atoms with Crippen LogP contribution >= 0.6 is 11.3 Å². The van der Waals surface area contributed by atoms with Gasteiger partial charge in [0, 0.05) is 20.3 Å². The molecule has 0 bridgehead atoms. The van der Waals surface area contributed by atoms with E-state index in [1.807, 2.05) is 0 Å². The highest BCUT2D eigenvalue weighted by Crippen LogP contribution is 2.24. The maximum Gasteiger partial charge on any atom is 0.338 e. The summed E-state index contributed by atoms with van der Waals surface area (Å²) in [4.78, 5) is 16.0. The van der Waals surface area contributed by atoms with Gasteiger partial charge in [-0.25, -0.2) is 9.78 Å². The van der Waals surface area contributed by atoms with Crippen LogP contribution in [-0.4, -0.2) is 44.5 Å². The van der Waals surface area contributed by atoms with Crippen LogP contribution in [0.2, 0.25) is 0 Å². The summed E-state index contributed by atoms with van der Waals surface area (Å²) in [7, 11) is 1.65. The largest absolute Gasteiger partial charge is 0.460 e. The maximum atomic E-state index is 11.9. The van der Waals surface area contributed by atoms with E-state index in [0.717, 1.165) is 16.6 Å². The number of rotatable bonds is 8. The number of fused-ring (bicyclic) bond motifs is 1. The summed E-state index contributed by atoms with van der Waals surface area (Å²) < 4.78 is 16.2. The number of anilines is 1. The number of hydrogen-bond donors (Lipinski definition) is 1. The van der Waals surface area contributed by atoms with E-state index >= 15 is 0 Å². The zero-order valence-electron chi connectivity index (χ0n) is 11.8. The van der Waals surface area contributed by atoms with Crippen molar-refractivity contribution in [1.29, 1.82) is 0 Å². The Labute approximate surface area is 126 Å². The second-order valence-electron chi connectivity index (χ2n) is 4.33. The average molecular weight is 310 g/mol. The molecule has 0 fully saturated rings. The van der Waals surface area contributed by atoms with Gasteiger partial charge in [-0.15, -0.1) is 0 Å². The predicted molar refractivity (Wildman–Crippen MR) is 81.6 cm³/mol. The molecule has 7 heteroatoms. The van der Waals surface area contributed by atoms with E-state index in [2.05, 4.69) is 4.98 Å². The summed E-state index contributed by atoms with van der Waals surface area (Å²) in [6, 6.07) is 5.19. The third-order valence-electron chi connectivity index (χ3n) is 2.74. The van der Waals surface area contributed by atoms with Gasteiger partial charge in [0.25, 0.3) is 0 Å². The van der Waals surface area contributed by atoms with Gasteiger partial charge in [0.05, 0.1) is 22.4 Å². The lowest BCUT2D eigenvalue weighted by molar-refractivity contribution is 0.0288. The van der Waals surface area contributed by atoms with Gasteiger partial charge < -0.3 is 19.9 Å². The highest BCUT2D eigenvalue weighted by Gasteiger charge is 2.09. The fourth-order valence-corrected chi connectivity index (χ4v) is 2.53. The minimum absolute atomic E-state index is 0.231. The predicted octanol–water partition coefficient (Wildman–Crippen LogP) is 2.09. The fraction of sp³-hybridized carbons (Fsp3) is 0.429. The van der Waals surface area contributed by atoms with Gasteiger partial charge >= 0.3 is 5.97 Å². The molecule has 0 radical (unpaired) electrons. The lowest BCUT2D eigenvalue weighted by Gasteiger charge is -2.06. The van der Waals surface area contributed by atoms with Crippen LogP contribution in [0.15, 0.2) is 18.2 Å². The quantitative estimate of drug-likeness (QED) is 0.594.